The molecule has 2 amide bonds. The molecule has 2 atom stereocenters. The van der Waals surface area contributed by atoms with Crippen LogP contribution in [-0.4, -0.2) is 17.1 Å². The molecule has 2 heterocycles. The Morgan fingerprint density at radius 2 is 1.78 bits per heavy atom. The minimum Gasteiger partial charge on any atom is -0.323 e. The molecule has 0 bridgehead atoms. The van der Waals surface area contributed by atoms with Crippen LogP contribution in [0.1, 0.15) is 18.1 Å². The largest absolute Gasteiger partial charge is 0.323 e. The standard InChI is InChI=1S/C18H16N2O2S/c1-11-7-9-13(10-8-11)20-16(21)12(2)23-18(20)14-5-3-4-6-15(14)19-17(18)22/h3-10,12H,1-2H3,(H,19,22). The van der Waals surface area contributed by atoms with E-state index in [-0.39, 0.29) is 17.1 Å². The first-order chi connectivity index (χ1) is 11.0. The minimum absolute atomic E-state index is 0.0364. The second kappa shape index (κ2) is 4.86. The highest BCUT2D eigenvalue weighted by Gasteiger charge is 2.60. The zero-order valence-corrected chi connectivity index (χ0v) is 13.7. The number of hydrogen-bond acceptors (Lipinski definition) is 3. The third kappa shape index (κ3) is 1.86. The van der Waals surface area contributed by atoms with Gasteiger partial charge in [0.2, 0.25) is 10.8 Å². The number of benzene rings is 2. The lowest BCUT2D eigenvalue weighted by Gasteiger charge is -2.32. The molecule has 2 unspecified atom stereocenters. The highest BCUT2D eigenvalue weighted by atomic mass is 32.2. The van der Waals surface area contributed by atoms with Crippen molar-refractivity contribution in [2.75, 3.05) is 10.2 Å². The van der Waals surface area contributed by atoms with Crippen molar-refractivity contribution >= 4 is 35.0 Å². The van der Waals surface area contributed by atoms with Crippen LogP contribution in [0.3, 0.4) is 0 Å². The molecule has 0 aromatic heterocycles. The fourth-order valence-electron chi connectivity index (χ4n) is 3.25. The van der Waals surface area contributed by atoms with Gasteiger partial charge in [0.15, 0.2) is 0 Å². The number of para-hydroxylation sites is 1. The van der Waals surface area contributed by atoms with E-state index in [1.54, 1.807) is 4.90 Å². The summed E-state index contributed by atoms with van der Waals surface area (Å²) < 4.78 is 0. The molecule has 5 heteroatoms. The van der Waals surface area contributed by atoms with E-state index in [4.69, 9.17) is 0 Å². The molecule has 116 valence electrons. The van der Waals surface area contributed by atoms with Gasteiger partial charge in [0, 0.05) is 16.9 Å². The van der Waals surface area contributed by atoms with Crippen LogP contribution < -0.4 is 10.2 Å². The van der Waals surface area contributed by atoms with E-state index in [2.05, 4.69) is 5.32 Å². The lowest BCUT2D eigenvalue weighted by molar-refractivity contribution is -0.122. The molecule has 1 saturated heterocycles. The SMILES string of the molecule is Cc1ccc(N2C(=O)C(C)SC23C(=O)Nc2ccccc23)cc1. The number of carbonyl (C=O) groups is 2. The summed E-state index contributed by atoms with van der Waals surface area (Å²) in [5, 5.41) is 2.66. The molecule has 2 aliphatic heterocycles. The molecule has 23 heavy (non-hydrogen) atoms. The summed E-state index contributed by atoms with van der Waals surface area (Å²) in [6, 6.07) is 15.3. The Labute approximate surface area is 138 Å². The molecule has 2 aromatic rings. The summed E-state index contributed by atoms with van der Waals surface area (Å²) in [7, 11) is 0. The summed E-state index contributed by atoms with van der Waals surface area (Å²) in [5.41, 5.74) is 3.51. The highest BCUT2D eigenvalue weighted by Crippen LogP contribution is 2.55. The molecule has 4 nitrogen and oxygen atoms in total. The first-order valence-electron chi connectivity index (χ1n) is 7.53. The third-order valence-electron chi connectivity index (χ3n) is 4.37. The highest BCUT2D eigenvalue weighted by molar-refractivity contribution is 8.03. The second-order valence-corrected chi connectivity index (χ2v) is 7.45. The third-order valence-corrected chi connectivity index (χ3v) is 5.85. The zero-order chi connectivity index (χ0) is 16.2. The van der Waals surface area contributed by atoms with E-state index in [9.17, 15) is 9.59 Å². The van der Waals surface area contributed by atoms with Crippen LogP contribution in [0.25, 0.3) is 0 Å². The molecular weight excluding hydrogens is 308 g/mol. The lowest BCUT2D eigenvalue weighted by Crippen LogP contribution is -2.47. The number of anilines is 2. The van der Waals surface area contributed by atoms with Crippen LogP contribution in [0.5, 0.6) is 0 Å². The van der Waals surface area contributed by atoms with Crippen LogP contribution in [0.15, 0.2) is 48.5 Å². The van der Waals surface area contributed by atoms with Crippen LogP contribution in [0.4, 0.5) is 11.4 Å². The van der Waals surface area contributed by atoms with Crippen molar-refractivity contribution in [1.82, 2.24) is 0 Å². The van der Waals surface area contributed by atoms with Gasteiger partial charge in [-0.1, -0.05) is 35.9 Å². The Kier molecular flexibility index (Phi) is 3.03. The van der Waals surface area contributed by atoms with Crippen molar-refractivity contribution in [3.05, 3.63) is 59.7 Å². The van der Waals surface area contributed by atoms with Crippen LogP contribution in [-0.2, 0) is 14.5 Å². The molecule has 2 aliphatic rings. The maximum atomic E-state index is 12.9. The normalized spacial score (nSPS) is 25.8. The number of rotatable bonds is 1. The summed E-state index contributed by atoms with van der Waals surface area (Å²) >= 11 is 1.41. The van der Waals surface area contributed by atoms with Gasteiger partial charge in [-0.25, -0.2) is 0 Å². The number of nitrogens with zero attached hydrogens (tertiary/aromatic N) is 1. The van der Waals surface area contributed by atoms with Crippen molar-refractivity contribution in [2.24, 2.45) is 0 Å². The molecule has 4 rings (SSSR count). The Balaban J connectivity index is 1.94. The Bertz CT molecular complexity index is 818. The van der Waals surface area contributed by atoms with Crippen molar-refractivity contribution in [3.8, 4) is 0 Å². The van der Waals surface area contributed by atoms with E-state index in [0.29, 0.717) is 0 Å². The Hall–Kier alpha value is -2.27. The van der Waals surface area contributed by atoms with Gasteiger partial charge in [0.05, 0.1) is 5.25 Å². The molecule has 0 saturated carbocycles. The van der Waals surface area contributed by atoms with Crippen molar-refractivity contribution < 1.29 is 9.59 Å². The fraction of sp³-hybridized carbons (Fsp3) is 0.222. The smallest absolute Gasteiger partial charge is 0.266 e. The van der Waals surface area contributed by atoms with Gasteiger partial charge in [-0.3, -0.25) is 14.5 Å². The number of nitrogens with one attached hydrogen (secondary N) is 1. The number of fused-ring (bicyclic) bond motifs is 2. The van der Waals surface area contributed by atoms with Crippen molar-refractivity contribution in [3.63, 3.8) is 0 Å². The maximum absolute atomic E-state index is 12.9. The average molecular weight is 324 g/mol. The van der Waals surface area contributed by atoms with Gasteiger partial charge in [-0.15, -0.1) is 11.8 Å². The topological polar surface area (TPSA) is 49.4 Å². The molecular formula is C18H16N2O2S. The predicted molar refractivity (Wildman–Crippen MR) is 92.5 cm³/mol. The van der Waals surface area contributed by atoms with Gasteiger partial charge >= 0.3 is 0 Å². The number of amides is 2. The first kappa shape index (κ1) is 14.3. The lowest BCUT2D eigenvalue weighted by atomic mass is 10.0. The van der Waals surface area contributed by atoms with Gasteiger partial charge < -0.3 is 5.32 Å². The fourth-order valence-corrected chi connectivity index (χ4v) is 4.74. The molecule has 1 fully saturated rings. The molecule has 2 aromatic carbocycles. The quantitative estimate of drug-likeness (QED) is 0.876. The number of aryl methyl sites for hydroxylation is 1. The average Bonchev–Trinajstić information content (AvgIpc) is 2.97. The summed E-state index contributed by atoms with van der Waals surface area (Å²) in [6.45, 7) is 3.86. The molecule has 0 radical (unpaired) electrons. The minimum atomic E-state index is -1.01. The van der Waals surface area contributed by atoms with Crippen LogP contribution in [0.2, 0.25) is 0 Å². The van der Waals surface area contributed by atoms with Crippen LogP contribution in [0, 0.1) is 6.92 Å². The number of carbonyl (C=O) groups excluding carboxylic acids is 2. The van der Waals surface area contributed by atoms with E-state index < -0.39 is 4.87 Å². The van der Waals surface area contributed by atoms with E-state index in [1.165, 1.54) is 11.8 Å². The first-order valence-corrected chi connectivity index (χ1v) is 8.41. The monoisotopic (exact) mass is 324 g/mol. The van der Waals surface area contributed by atoms with Gasteiger partial charge in [0.25, 0.3) is 5.91 Å². The zero-order valence-electron chi connectivity index (χ0n) is 12.9. The molecule has 1 spiro atoms. The van der Waals surface area contributed by atoms with Crippen molar-refractivity contribution in [1.29, 1.82) is 0 Å². The van der Waals surface area contributed by atoms with E-state index >= 15 is 0 Å². The maximum Gasteiger partial charge on any atom is 0.266 e. The number of thioether (sulfide) groups is 1. The molecule has 1 N–H and O–H groups in total. The van der Waals surface area contributed by atoms with E-state index in [1.807, 2.05) is 62.4 Å². The van der Waals surface area contributed by atoms with Crippen LogP contribution >= 0.6 is 11.8 Å². The molecule has 0 aliphatic carbocycles. The van der Waals surface area contributed by atoms with Gasteiger partial charge in [0.1, 0.15) is 0 Å². The summed E-state index contributed by atoms with van der Waals surface area (Å²) in [4.78, 5) is 26.3. The Morgan fingerprint density at radius 1 is 1.09 bits per heavy atom. The summed E-state index contributed by atoms with van der Waals surface area (Å²) in [6.07, 6.45) is 0. The van der Waals surface area contributed by atoms with E-state index in [0.717, 1.165) is 22.5 Å². The predicted octanol–water partition coefficient (Wildman–Crippen LogP) is 3.27. The summed E-state index contributed by atoms with van der Waals surface area (Å²) in [5.74, 6) is -0.187. The van der Waals surface area contributed by atoms with Gasteiger partial charge in [-0.2, -0.15) is 0 Å². The van der Waals surface area contributed by atoms with Gasteiger partial charge in [-0.05, 0) is 32.0 Å². The van der Waals surface area contributed by atoms with Crippen molar-refractivity contribution in [2.45, 2.75) is 24.0 Å². The second-order valence-electron chi connectivity index (χ2n) is 5.91. The number of hydrogen-bond donors (Lipinski definition) is 1. The Morgan fingerprint density at radius 3 is 2.52 bits per heavy atom.